The van der Waals surface area contributed by atoms with Crippen molar-refractivity contribution in [1.82, 2.24) is 0 Å². The van der Waals surface area contributed by atoms with Crippen LogP contribution in [0.25, 0.3) is 0 Å². The van der Waals surface area contributed by atoms with E-state index in [-0.39, 0.29) is 35.3 Å². The third-order valence-electron chi connectivity index (χ3n) is 1.19. The minimum Gasteiger partial charge on any atom is -0.285 e. The Bertz CT molecular complexity index is 320. The molecule has 0 fully saturated rings. The van der Waals surface area contributed by atoms with Crippen molar-refractivity contribution in [2.24, 2.45) is 0 Å². The summed E-state index contributed by atoms with van der Waals surface area (Å²) in [5.41, 5.74) is 0.593. The van der Waals surface area contributed by atoms with Crippen LogP contribution in [-0.4, -0.2) is 13.0 Å². The molecule has 1 N–H and O–H groups in total. The van der Waals surface area contributed by atoms with Crippen LogP contribution in [0.4, 0.5) is 0 Å². The van der Waals surface area contributed by atoms with Crippen LogP contribution in [0.2, 0.25) is 0 Å². The first-order chi connectivity index (χ1) is 5.08. The van der Waals surface area contributed by atoms with E-state index in [1.54, 1.807) is 30.3 Å². The van der Waals surface area contributed by atoms with Crippen LogP contribution in [0, 0.1) is 0 Å². The van der Waals surface area contributed by atoms with Crippen molar-refractivity contribution in [3.05, 3.63) is 35.9 Å². The van der Waals surface area contributed by atoms with Gasteiger partial charge in [-0.3, -0.25) is 4.55 Å². The summed E-state index contributed by atoms with van der Waals surface area (Å²) in [5, 5.41) is 0. The van der Waals surface area contributed by atoms with Gasteiger partial charge in [-0.2, -0.15) is 8.42 Å². The maximum absolute atomic E-state index is 10.4. The van der Waals surface area contributed by atoms with Gasteiger partial charge < -0.3 is 0 Å². The molecule has 0 unspecified atom stereocenters. The molecule has 3 nitrogen and oxygen atoms in total. The Morgan fingerprint density at radius 2 is 1.67 bits per heavy atom. The first-order valence-electron chi connectivity index (χ1n) is 3.07. The summed E-state index contributed by atoms with van der Waals surface area (Å²) in [6, 6.07) is 8.52. The minimum absolute atomic E-state index is 0. The first-order valence-corrected chi connectivity index (χ1v) is 4.68. The zero-order chi connectivity index (χ0) is 8.32. The third-order valence-corrected chi connectivity index (χ3v) is 1.89. The van der Waals surface area contributed by atoms with Crippen molar-refractivity contribution in [2.75, 3.05) is 0 Å². The molecule has 1 aromatic carbocycles. The first kappa shape index (κ1) is 12.1. The van der Waals surface area contributed by atoms with Crippen molar-refractivity contribution in [1.29, 1.82) is 0 Å². The topological polar surface area (TPSA) is 54.4 Å². The molecule has 0 bridgehead atoms. The van der Waals surface area contributed by atoms with Crippen molar-refractivity contribution in [3.8, 4) is 0 Å². The molecule has 0 aliphatic heterocycles. The average Bonchev–Trinajstić information content (AvgIpc) is 1.85. The molecule has 0 aromatic heterocycles. The van der Waals surface area contributed by atoms with E-state index >= 15 is 0 Å². The number of benzene rings is 1. The van der Waals surface area contributed by atoms with Gasteiger partial charge in [-0.25, -0.2) is 0 Å². The Hall–Kier alpha value is 0.130. The van der Waals surface area contributed by atoms with Gasteiger partial charge in [0.25, 0.3) is 10.1 Å². The maximum Gasteiger partial charge on any atom is 1.00 e. The van der Waals surface area contributed by atoms with Gasteiger partial charge >= 0.3 is 29.6 Å². The fraction of sp³-hybridized carbons (Fsp3) is 0.143. The predicted molar refractivity (Wildman–Crippen MR) is 41.7 cm³/mol. The molecule has 0 amide bonds. The van der Waals surface area contributed by atoms with E-state index < -0.39 is 10.1 Å². The van der Waals surface area contributed by atoms with E-state index in [1.807, 2.05) is 0 Å². The molecule has 12 heavy (non-hydrogen) atoms. The van der Waals surface area contributed by atoms with E-state index in [4.69, 9.17) is 4.55 Å². The molecule has 0 radical (unpaired) electrons. The Labute approximate surface area is 93.8 Å². The molecule has 60 valence electrons. The van der Waals surface area contributed by atoms with Crippen molar-refractivity contribution in [2.45, 2.75) is 5.75 Å². The molecule has 0 saturated heterocycles. The van der Waals surface area contributed by atoms with Crippen LogP contribution in [-0.2, 0) is 15.9 Å². The molecule has 0 saturated carbocycles. The molecular formula is C7H8NaO3S+. The minimum atomic E-state index is -3.88. The van der Waals surface area contributed by atoms with E-state index in [1.165, 1.54) is 0 Å². The Morgan fingerprint density at radius 3 is 2.08 bits per heavy atom. The Balaban J connectivity index is 0.00000121. The van der Waals surface area contributed by atoms with Gasteiger partial charge in [-0.05, 0) is 5.56 Å². The molecule has 0 atom stereocenters. The zero-order valence-corrected chi connectivity index (χ0v) is 9.58. The Kier molecular flexibility index (Phi) is 5.04. The molecule has 0 spiro atoms. The molecule has 0 aliphatic rings. The van der Waals surface area contributed by atoms with Crippen LogP contribution in [0.1, 0.15) is 5.56 Å². The van der Waals surface area contributed by atoms with E-state index in [9.17, 15) is 8.42 Å². The second-order valence-electron chi connectivity index (χ2n) is 2.21. The van der Waals surface area contributed by atoms with Gasteiger partial charge in [0.2, 0.25) is 0 Å². The normalized spacial score (nSPS) is 10.4. The molecule has 0 aliphatic carbocycles. The Morgan fingerprint density at radius 1 is 1.17 bits per heavy atom. The van der Waals surface area contributed by atoms with Gasteiger partial charge in [0.1, 0.15) is 5.75 Å². The summed E-state index contributed by atoms with van der Waals surface area (Å²) in [6.45, 7) is 0. The number of rotatable bonds is 2. The van der Waals surface area contributed by atoms with Crippen LogP contribution >= 0.6 is 0 Å². The zero-order valence-electron chi connectivity index (χ0n) is 6.77. The van der Waals surface area contributed by atoms with Gasteiger partial charge in [-0.15, -0.1) is 0 Å². The summed E-state index contributed by atoms with van der Waals surface area (Å²) in [6.07, 6.45) is 0. The standard InChI is InChI=1S/C7H8O3S.Na/c8-11(9,10)6-7-4-2-1-3-5-7;/h1-5H,6H2,(H,8,9,10);/q;+1. The van der Waals surface area contributed by atoms with Gasteiger partial charge in [0, 0.05) is 0 Å². The van der Waals surface area contributed by atoms with Gasteiger partial charge in [0.15, 0.2) is 0 Å². The van der Waals surface area contributed by atoms with E-state index in [2.05, 4.69) is 0 Å². The quantitative estimate of drug-likeness (QED) is 0.442. The van der Waals surface area contributed by atoms with E-state index in [0.717, 1.165) is 0 Å². The maximum atomic E-state index is 10.4. The van der Waals surface area contributed by atoms with Crippen molar-refractivity contribution < 1.29 is 42.5 Å². The smallest absolute Gasteiger partial charge is 0.285 e. The number of hydrogen-bond acceptors (Lipinski definition) is 2. The summed E-state index contributed by atoms with van der Waals surface area (Å²) < 4.78 is 29.2. The second-order valence-corrected chi connectivity index (χ2v) is 3.66. The number of hydrogen-bond donors (Lipinski definition) is 1. The third kappa shape index (κ3) is 4.90. The van der Waals surface area contributed by atoms with Crippen LogP contribution < -0.4 is 29.6 Å². The summed E-state index contributed by atoms with van der Waals surface area (Å²) in [7, 11) is -3.88. The van der Waals surface area contributed by atoms with Crippen molar-refractivity contribution in [3.63, 3.8) is 0 Å². The summed E-state index contributed by atoms with van der Waals surface area (Å²) in [5.74, 6) is -0.312. The molecule has 0 heterocycles. The largest absolute Gasteiger partial charge is 1.00 e. The predicted octanol–water partition coefficient (Wildman–Crippen LogP) is -1.92. The molecule has 5 heteroatoms. The van der Waals surface area contributed by atoms with Crippen LogP contribution in [0.3, 0.4) is 0 Å². The average molecular weight is 195 g/mol. The summed E-state index contributed by atoms with van der Waals surface area (Å²) >= 11 is 0. The fourth-order valence-electron chi connectivity index (χ4n) is 0.785. The van der Waals surface area contributed by atoms with Gasteiger partial charge in [-0.1, -0.05) is 30.3 Å². The van der Waals surface area contributed by atoms with Crippen LogP contribution in [0.5, 0.6) is 0 Å². The van der Waals surface area contributed by atoms with Crippen LogP contribution in [0.15, 0.2) is 30.3 Å². The SMILES string of the molecule is O=S(=O)(O)Cc1ccccc1.[Na+]. The molecular weight excluding hydrogens is 187 g/mol. The second kappa shape index (κ2) is 4.99. The van der Waals surface area contributed by atoms with Gasteiger partial charge in [0.05, 0.1) is 0 Å². The fourth-order valence-corrected chi connectivity index (χ4v) is 1.40. The molecule has 1 rings (SSSR count). The molecule has 1 aromatic rings. The monoisotopic (exact) mass is 195 g/mol. The van der Waals surface area contributed by atoms with E-state index in [0.29, 0.717) is 5.56 Å². The summed E-state index contributed by atoms with van der Waals surface area (Å²) in [4.78, 5) is 0. The van der Waals surface area contributed by atoms with Crippen molar-refractivity contribution >= 4 is 10.1 Å².